The largest absolute Gasteiger partial charge is 0.479 e. The van der Waals surface area contributed by atoms with Crippen LogP contribution in [0.1, 0.15) is 24.1 Å². The number of carbonyl (C=O) groups is 2. The molecule has 0 bridgehead atoms. The smallest absolute Gasteiger partial charge is 0.331 e. The van der Waals surface area contributed by atoms with Gasteiger partial charge in [0.25, 0.3) is 0 Å². The molecule has 0 saturated heterocycles. The molecule has 0 saturated carbocycles. The number of sulfone groups is 1. The maximum absolute atomic E-state index is 12.2. The number of carboxylic acid groups (broad SMARTS) is 1. The van der Waals surface area contributed by atoms with Crippen LogP contribution in [0, 0.1) is 0 Å². The third kappa shape index (κ3) is 3.24. The molecule has 1 aromatic rings. The minimum Gasteiger partial charge on any atom is -0.479 e. The Bertz CT molecular complexity index is 668. The molecule has 1 aliphatic rings. The second-order valence-corrected chi connectivity index (χ2v) is 7.31. The van der Waals surface area contributed by atoms with Gasteiger partial charge in [0, 0.05) is 12.3 Å². The summed E-state index contributed by atoms with van der Waals surface area (Å²) in [7, 11) is -3.48. The fourth-order valence-corrected chi connectivity index (χ4v) is 3.22. The van der Waals surface area contributed by atoms with Crippen LogP contribution in [-0.2, 0) is 25.8 Å². The summed E-state index contributed by atoms with van der Waals surface area (Å²) in [6, 6.07) is 5.91. The highest BCUT2D eigenvalue weighted by molar-refractivity contribution is 7.92. The zero-order valence-corrected chi connectivity index (χ0v) is 12.5. The number of benzene rings is 1. The van der Waals surface area contributed by atoms with E-state index in [1.807, 2.05) is 12.1 Å². The molecule has 2 rings (SSSR count). The summed E-state index contributed by atoms with van der Waals surface area (Å²) in [6.07, 6.45) is 0.526. The van der Waals surface area contributed by atoms with Crippen LogP contribution in [0.3, 0.4) is 0 Å². The highest BCUT2D eigenvalue weighted by atomic mass is 32.2. The Morgan fingerprint density at radius 2 is 2.00 bits per heavy atom. The van der Waals surface area contributed by atoms with Crippen LogP contribution in [0.4, 0.5) is 0 Å². The summed E-state index contributed by atoms with van der Waals surface area (Å²) in [5.41, 5.74) is 1.44. The van der Waals surface area contributed by atoms with Crippen molar-refractivity contribution < 1.29 is 23.1 Å². The van der Waals surface area contributed by atoms with Crippen LogP contribution >= 0.6 is 0 Å². The van der Waals surface area contributed by atoms with Crippen LogP contribution < -0.4 is 0 Å². The van der Waals surface area contributed by atoms with E-state index in [1.54, 1.807) is 12.1 Å². The number of hydrogen-bond donors (Lipinski definition) is 1. The fraction of sp³-hybridized carbons (Fsp3) is 0.429. The zero-order chi connectivity index (χ0) is 15.6. The molecule has 1 aliphatic heterocycles. The number of aliphatic carboxylic acids is 1. The third-order valence-corrected chi connectivity index (χ3v) is 5.19. The molecule has 0 radical (unpaired) electrons. The van der Waals surface area contributed by atoms with Crippen molar-refractivity contribution in [1.82, 2.24) is 4.90 Å². The van der Waals surface area contributed by atoms with Gasteiger partial charge in [-0.2, -0.15) is 0 Å². The number of fused-ring (bicyclic) bond motifs is 1. The lowest BCUT2D eigenvalue weighted by atomic mass is 9.92. The maximum Gasteiger partial charge on any atom is 0.331 e. The van der Waals surface area contributed by atoms with E-state index in [1.165, 1.54) is 6.92 Å². The number of rotatable bonds is 4. The molecule has 6 nitrogen and oxygen atoms in total. The molecule has 1 amide bonds. The molecule has 1 atom stereocenters. The van der Waals surface area contributed by atoms with Gasteiger partial charge >= 0.3 is 5.97 Å². The lowest BCUT2D eigenvalue weighted by Crippen LogP contribution is -2.45. The van der Waals surface area contributed by atoms with Crippen LogP contribution in [0.2, 0.25) is 0 Å². The van der Waals surface area contributed by atoms with Crippen molar-refractivity contribution in [3.63, 3.8) is 0 Å². The molecule has 21 heavy (non-hydrogen) atoms. The predicted octanol–water partition coefficient (Wildman–Crippen LogP) is 0.632. The molecule has 0 aromatic heterocycles. The normalized spacial score (nSPS) is 18.1. The molecule has 0 spiro atoms. The van der Waals surface area contributed by atoms with Crippen molar-refractivity contribution in [3.8, 4) is 0 Å². The number of amides is 1. The Morgan fingerprint density at radius 3 is 2.62 bits per heavy atom. The summed E-state index contributed by atoms with van der Waals surface area (Å²) >= 11 is 0. The van der Waals surface area contributed by atoms with E-state index in [9.17, 15) is 23.1 Å². The minimum absolute atomic E-state index is 0.138. The van der Waals surface area contributed by atoms with Crippen molar-refractivity contribution in [2.24, 2.45) is 0 Å². The molecule has 0 fully saturated rings. The Kier molecular flexibility index (Phi) is 4.32. The van der Waals surface area contributed by atoms with Gasteiger partial charge in [-0.15, -0.1) is 0 Å². The molecular weight excluding hydrogens is 294 g/mol. The highest BCUT2D eigenvalue weighted by Gasteiger charge is 2.36. The van der Waals surface area contributed by atoms with Crippen molar-refractivity contribution in [2.75, 3.05) is 18.1 Å². The quantitative estimate of drug-likeness (QED) is 0.880. The minimum atomic E-state index is -3.48. The van der Waals surface area contributed by atoms with Crippen LogP contribution in [0.25, 0.3) is 0 Å². The van der Waals surface area contributed by atoms with E-state index in [-0.39, 0.29) is 12.3 Å². The van der Waals surface area contributed by atoms with E-state index in [0.29, 0.717) is 12.0 Å². The number of nitrogens with zero attached hydrogens (tertiary/aromatic N) is 1. The lowest BCUT2D eigenvalue weighted by molar-refractivity contribution is -0.150. The monoisotopic (exact) mass is 311 g/mol. The van der Waals surface area contributed by atoms with Gasteiger partial charge in [0.1, 0.15) is 5.75 Å². The van der Waals surface area contributed by atoms with Gasteiger partial charge in [0.15, 0.2) is 15.9 Å². The third-order valence-electron chi connectivity index (χ3n) is 3.62. The topological polar surface area (TPSA) is 91.8 Å². The Morgan fingerprint density at radius 1 is 1.33 bits per heavy atom. The summed E-state index contributed by atoms with van der Waals surface area (Å²) in [4.78, 5) is 24.9. The van der Waals surface area contributed by atoms with Crippen molar-refractivity contribution in [2.45, 2.75) is 19.4 Å². The molecule has 1 unspecified atom stereocenters. The SMILES string of the molecule is CCS(=O)(=O)CC(=O)N1CCc2ccccc2C1C(=O)O. The molecule has 1 N–H and O–H groups in total. The summed E-state index contributed by atoms with van der Waals surface area (Å²) < 4.78 is 23.2. The summed E-state index contributed by atoms with van der Waals surface area (Å²) in [5.74, 6) is -2.58. The van der Waals surface area contributed by atoms with E-state index < -0.39 is 33.5 Å². The fourth-order valence-electron chi connectivity index (χ4n) is 2.47. The van der Waals surface area contributed by atoms with E-state index in [2.05, 4.69) is 0 Å². The molecule has 7 heteroatoms. The van der Waals surface area contributed by atoms with Crippen molar-refractivity contribution >= 4 is 21.7 Å². The van der Waals surface area contributed by atoms with Crippen molar-refractivity contribution in [1.29, 1.82) is 0 Å². The predicted molar refractivity (Wildman–Crippen MR) is 76.6 cm³/mol. The standard InChI is InChI=1S/C14H17NO5S/c1-2-21(19,20)9-12(16)15-8-7-10-5-3-4-6-11(10)13(15)14(17)18/h3-6,13H,2,7-9H2,1H3,(H,17,18). The van der Waals surface area contributed by atoms with Gasteiger partial charge in [-0.05, 0) is 17.5 Å². The second kappa shape index (κ2) is 5.85. The van der Waals surface area contributed by atoms with Gasteiger partial charge in [-0.3, -0.25) is 4.79 Å². The Labute approximate surface area is 123 Å². The van der Waals surface area contributed by atoms with Gasteiger partial charge in [0.2, 0.25) is 5.91 Å². The second-order valence-electron chi connectivity index (χ2n) is 4.95. The van der Waals surface area contributed by atoms with Crippen LogP contribution in [0.5, 0.6) is 0 Å². The molecule has 1 heterocycles. The first-order valence-corrected chi connectivity index (χ1v) is 8.48. The Balaban J connectivity index is 2.33. The average Bonchev–Trinajstić information content (AvgIpc) is 2.45. The van der Waals surface area contributed by atoms with Gasteiger partial charge in [0.05, 0.1) is 0 Å². The van der Waals surface area contributed by atoms with Gasteiger partial charge < -0.3 is 10.0 Å². The van der Waals surface area contributed by atoms with E-state index >= 15 is 0 Å². The first-order chi connectivity index (χ1) is 9.85. The highest BCUT2D eigenvalue weighted by Crippen LogP contribution is 2.30. The number of carboxylic acids is 1. The molecule has 0 aliphatic carbocycles. The summed E-state index contributed by atoms with van der Waals surface area (Å²) in [6.45, 7) is 1.68. The molecule has 1 aromatic carbocycles. The van der Waals surface area contributed by atoms with Gasteiger partial charge in [-0.25, -0.2) is 13.2 Å². The Hall–Kier alpha value is -1.89. The van der Waals surface area contributed by atoms with Crippen LogP contribution in [-0.4, -0.2) is 48.4 Å². The number of hydrogen-bond acceptors (Lipinski definition) is 4. The van der Waals surface area contributed by atoms with Gasteiger partial charge in [-0.1, -0.05) is 31.2 Å². The molecular formula is C14H17NO5S. The zero-order valence-electron chi connectivity index (χ0n) is 11.7. The van der Waals surface area contributed by atoms with Crippen molar-refractivity contribution in [3.05, 3.63) is 35.4 Å². The van der Waals surface area contributed by atoms with Crippen LogP contribution in [0.15, 0.2) is 24.3 Å². The van der Waals surface area contributed by atoms with E-state index in [0.717, 1.165) is 10.5 Å². The summed E-state index contributed by atoms with van der Waals surface area (Å²) in [5, 5.41) is 9.42. The number of carbonyl (C=O) groups excluding carboxylic acids is 1. The first kappa shape index (κ1) is 15.5. The maximum atomic E-state index is 12.2. The average molecular weight is 311 g/mol. The lowest BCUT2D eigenvalue weighted by Gasteiger charge is -2.34. The molecule has 114 valence electrons. The first-order valence-electron chi connectivity index (χ1n) is 6.66. The van der Waals surface area contributed by atoms with E-state index in [4.69, 9.17) is 0 Å².